The largest absolute Gasteiger partial charge is 0.0851 e. The molecule has 0 aromatic rings. The van der Waals surface area contributed by atoms with Gasteiger partial charge in [0.1, 0.15) is 0 Å². The standard InChI is InChI=1S/C9H16.C8H16/c1-8-6-4-5-7-9(8,2)3;1-8(2)6-4-3-5-7-8/h6H,4-5,7H2,1-3H3;3-7H2,1-2H3. The van der Waals surface area contributed by atoms with E-state index in [0.29, 0.717) is 10.8 Å². The number of allylic oxidation sites excluding steroid dienone is 2. The molecular weight excluding hydrogens is 204 g/mol. The molecule has 0 aromatic heterocycles. The fourth-order valence-electron chi connectivity index (χ4n) is 2.84. The van der Waals surface area contributed by atoms with Crippen LogP contribution in [0.4, 0.5) is 0 Å². The van der Waals surface area contributed by atoms with Crippen LogP contribution in [0.5, 0.6) is 0 Å². The molecule has 0 saturated heterocycles. The highest BCUT2D eigenvalue weighted by Gasteiger charge is 2.21. The zero-order chi connectivity index (χ0) is 12.9. The first kappa shape index (κ1) is 14.8. The van der Waals surface area contributed by atoms with Crippen LogP contribution in [-0.2, 0) is 0 Å². The fourth-order valence-corrected chi connectivity index (χ4v) is 2.84. The molecule has 0 aliphatic heterocycles. The second-order valence-corrected chi connectivity index (χ2v) is 7.39. The lowest BCUT2D eigenvalue weighted by atomic mass is 9.77. The molecule has 2 rings (SSSR count). The maximum atomic E-state index is 2.38. The van der Waals surface area contributed by atoms with Crippen molar-refractivity contribution in [2.75, 3.05) is 0 Å². The summed E-state index contributed by atoms with van der Waals surface area (Å²) in [5.74, 6) is 0. The highest BCUT2D eigenvalue weighted by molar-refractivity contribution is 5.11. The van der Waals surface area contributed by atoms with E-state index in [-0.39, 0.29) is 0 Å². The van der Waals surface area contributed by atoms with Gasteiger partial charge in [-0.05, 0) is 49.9 Å². The molecule has 0 heteroatoms. The van der Waals surface area contributed by atoms with Crippen LogP contribution in [0.1, 0.15) is 86.0 Å². The normalized spacial score (nSPS) is 26.5. The van der Waals surface area contributed by atoms with Gasteiger partial charge in [0.15, 0.2) is 0 Å². The van der Waals surface area contributed by atoms with E-state index < -0.39 is 0 Å². The summed E-state index contributed by atoms with van der Waals surface area (Å²) >= 11 is 0. The maximum absolute atomic E-state index is 2.38. The molecule has 0 nitrogen and oxygen atoms in total. The van der Waals surface area contributed by atoms with Crippen LogP contribution in [0.25, 0.3) is 0 Å². The van der Waals surface area contributed by atoms with Gasteiger partial charge in [0, 0.05) is 0 Å². The summed E-state index contributed by atoms with van der Waals surface area (Å²) in [7, 11) is 0. The highest BCUT2D eigenvalue weighted by atomic mass is 14.3. The average Bonchev–Trinajstić information content (AvgIpc) is 2.23. The van der Waals surface area contributed by atoms with Crippen LogP contribution in [-0.4, -0.2) is 0 Å². The van der Waals surface area contributed by atoms with Crippen molar-refractivity contribution in [2.24, 2.45) is 10.8 Å². The number of rotatable bonds is 0. The summed E-state index contributed by atoms with van der Waals surface area (Å²) in [4.78, 5) is 0. The summed E-state index contributed by atoms with van der Waals surface area (Å²) in [6.07, 6.45) is 13.7. The number of hydrogen-bond donors (Lipinski definition) is 0. The quantitative estimate of drug-likeness (QED) is 0.444. The van der Waals surface area contributed by atoms with Gasteiger partial charge in [0.25, 0.3) is 0 Å². The van der Waals surface area contributed by atoms with E-state index in [1.54, 1.807) is 5.57 Å². The molecule has 0 unspecified atom stereocenters. The minimum Gasteiger partial charge on any atom is -0.0851 e. The third-order valence-electron chi connectivity index (χ3n) is 4.73. The Labute approximate surface area is 109 Å². The molecule has 2 aliphatic rings. The SMILES string of the molecule is CC1(C)CCCCC1.CC1=CCCCC1(C)C. The second kappa shape index (κ2) is 6.07. The monoisotopic (exact) mass is 236 g/mol. The Bertz CT molecular complexity index is 247. The molecule has 1 fully saturated rings. The molecule has 0 amide bonds. The van der Waals surface area contributed by atoms with E-state index in [9.17, 15) is 0 Å². The summed E-state index contributed by atoms with van der Waals surface area (Å²) in [5.41, 5.74) is 2.75. The summed E-state index contributed by atoms with van der Waals surface area (Å²) in [6.45, 7) is 11.7. The predicted octanol–water partition coefficient (Wildman–Crippen LogP) is 6.12. The second-order valence-electron chi connectivity index (χ2n) is 7.39. The molecule has 0 aromatic carbocycles. The van der Waals surface area contributed by atoms with Gasteiger partial charge in [-0.15, -0.1) is 0 Å². The molecule has 17 heavy (non-hydrogen) atoms. The van der Waals surface area contributed by atoms with E-state index in [4.69, 9.17) is 0 Å². The van der Waals surface area contributed by atoms with Gasteiger partial charge in [-0.2, -0.15) is 0 Å². The Hall–Kier alpha value is -0.260. The topological polar surface area (TPSA) is 0 Å². The molecular formula is C17H32. The van der Waals surface area contributed by atoms with Crippen molar-refractivity contribution in [2.45, 2.75) is 86.0 Å². The van der Waals surface area contributed by atoms with Crippen LogP contribution in [0.3, 0.4) is 0 Å². The minimum atomic E-state index is 0.498. The van der Waals surface area contributed by atoms with Gasteiger partial charge < -0.3 is 0 Å². The van der Waals surface area contributed by atoms with Crippen molar-refractivity contribution >= 4 is 0 Å². The smallest absolute Gasteiger partial charge is 0.0147 e. The van der Waals surface area contributed by atoms with Gasteiger partial charge in [-0.1, -0.05) is 58.6 Å². The lowest BCUT2D eigenvalue weighted by molar-refractivity contribution is 0.244. The lowest BCUT2D eigenvalue weighted by Crippen LogP contribution is -2.15. The lowest BCUT2D eigenvalue weighted by Gasteiger charge is -2.29. The first-order chi connectivity index (χ1) is 7.83. The van der Waals surface area contributed by atoms with E-state index in [2.05, 4.69) is 40.7 Å². The molecule has 0 spiro atoms. The molecule has 0 atom stereocenters. The van der Waals surface area contributed by atoms with Crippen molar-refractivity contribution < 1.29 is 0 Å². The Morgan fingerprint density at radius 1 is 0.824 bits per heavy atom. The van der Waals surface area contributed by atoms with E-state index in [0.717, 1.165) is 0 Å². The van der Waals surface area contributed by atoms with Gasteiger partial charge in [0.05, 0.1) is 0 Å². The van der Waals surface area contributed by atoms with Gasteiger partial charge in [-0.3, -0.25) is 0 Å². The minimum absolute atomic E-state index is 0.498. The van der Waals surface area contributed by atoms with Gasteiger partial charge in [0.2, 0.25) is 0 Å². The van der Waals surface area contributed by atoms with E-state index in [1.807, 2.05) is 0 Å². The average molecular weight is 236 g/mol. The zero-order valence-corrected chi connectivity index (χ0v) is 12.7. The maximum Gasteiger partial charge on any atom is -0.0147 e. The number of hydrogen-bond acceptors (Lipinski definition) is 0. The molecule has 100 valence electrons. The fraction of sp³-hybridized carbons (Fsp3) is 0.882. The Balaban J connectivity index is 0.000000171. The highest BCUT2D eigenvalue weighted by Crippen LogP contribution is 2.35. The summed E-state index contributed by atoms with van der Waals surface area (Å²) in [6, 6.07) is 0. The molecule has 0 bridgehead atoms. The third-order valence-corrected chi connectivity index (χ3v) is 4.73. The molecule has 0 heterocycles. The Kier molecular flexibility index (Phi) is 5.28. The molecule has 0 N–H and O–H groups in total. The summed E-state index contributed by atoms with van der Waals surface area (Å²) in [5, 5.41) is 0. The molecule has 1 saturated carbocycles. The Morgan fingerprint density at radius 3 is 1.71 bits per heavy atom. The van der Waals surface area contributed by atoms with E-state index in [1.165, 1.54) is 51.4 Å². The first-order valence-corrected chi connectivity index (χ1v) is 7.51. The van der Waals surface area contributed by atoms with Crippen LogP contribution < -0.4 is 0 Å². The van der Waals surface area contributed by atoms with Crippen molar-refractivity contribution in [3.63, 3.8) is 0 Å². The van der Waals surface area contributed by atoms with Crippen LogP contribution in [0.15, 0.2) is 11.6 Å². The van der Waals surface area contributed by atoms with Crippen LogP contribution >= 0.6 is 0 Å². The van der Waals surface area contributed by atoms with Crippen LogP contribution in [0.2, 0.25) is 0 Å². The van der Waals surface area contributed by atoms with Crippen molar-refractivity contribution in [3.05, 3.63) is 11.6 Å². The molecule has 2 aliphatic carbocycles. The van der Waals surface area contributed by atoms with E-state index >= 15 is 0 Å². The van der Waals surface area contributed by atoms with Crippen molar-refractivity contribution in [3.8, 4) is 0 Å². The van der Waals surface area contributed by atoms with Crippen LogP contribution in [0, 0.1) is 10.8 Å². The first-order valence-electron chi connectivity index (χ1n) is 7.51. The van der Waals surface area contributed by atoms with Gasteiger partial charge in [-0.25, -0.2) is 0 Å². The van der Waals surface area contributed by atoms with Gasteiger partial charge >= 0.3 is 0 Å². The third kappa shape index (κ3) is 5.27. The van der Waals surface area contributed by atoms with Crippen molar-refractivity contribution in [1.29, 1.82) is 0 Å². The summed E-state index contributed by atoms with van der Waals surface area (Å²) < 4.78 is 0. The predicted molar refractivity (Wildman–Crippen MR) is 78.3 cm³/mol. The Morgan fingerprint density at radius 2 is 1.41 bits per heavy atom. The van der Waals surface area contributed by atoms with Crippen molar-refractivity contribution in [1.82, 2.24) is 0 Å². The molecule has 0 radical (unpaired) electrons. The zero-order valence-electron chi connectivity index (χ0n) is 12.7.